The van der Waals surface area contributed by atoms with Gasteiger partial charge >= 0.3 is 24.3 Å². The molecule has 1 saturated heterocycles. The maximum Gasteiger partial charge on any atom is 0.490 e. The molecule has 22 heavy (non-hydrogen) atoms. The van der Waals surface area contributed by atoms with Crippen molar-refractivity contribution in [1.82, 2.24) is 10.2 Å². The predicted molar refractivity (Wildman–Crippen MR) is 62.3 cm³/mol. The second-order valence-corrected chi connectivity index (χ2v) is 4.31. The monoisotopic (exact) mass is 342 g/mol. The molecule has 3 N–H and O–H groups in total. The standard InChI is InChI=1S/C6H14N2.2C2HF3O2/c1-8(2)5-6-3-4-7-6;2*3-2(4,5)1(6)7/h6-7H,3-5H2,1-2H3;2*(H,6,7). The summed E-state index contributed by atoms with van der Waals surface area (Å²) < 4.78 is 63.5. The van der Waals surface area contributed by atoms with Crippen LogP contribution in [0.25, 0.3) is 0 Å². The van der Waals surface area contributed by atoms with Crippen molar-refractivity contribution in [1.29, 1.82) is 0 Å². The lowest BCUT2D eigenvalue weighted by Gasteiger charge is -2.29. The van der Waals surface area contributed by atoms with Crippen LogP contribution in [0.15, 0.2) is 0 Å². The molecule has 0 aromatic rings. The quantitative estimate of drug-likeness (QED) is 0.653. The number of carboxylic acids is 2. The van der Waals surface area contributed by atoms with Crippen molar-refractivity contribution in [2.75, 3.05) is 27.2 Å². The normalized spacial score (nSPS) is 17.4. The van der Waals surface area contributed by atoms with Gasteiger partial charge < -0.3 is 20.4 Å². The second kappa shape index (κ2) is 9.46. The van der Waals surface area contributed by atoms with E-state index in [-0.39, 0.29) is 0 Å². The molecule has 132 valence electrons. The van der Waals surface area contributed by atoms with Gasteiger partial charge in [-0.2, -0.15) is 26.3 Å². The second-order valence-electron chi connectivity index (χ2n) is 4.31. The van der Waals surface area contributed by atoms with Gasteiger partial charge in [-0.3, -0.25) is 0 Å². The number of halogens is 6. The van der Waals surface area contributed by atoms with E-state index in [1.165, 1.54) is 19.5 Å². The van der Waals surface area contributed by atoms with Gasteiger partial charge in [0.1, 0.15) is 0 Å². The van der Waals surface area contributed by atoms with Gasteiger partial charge in [0.15, 0.2) is 0 Å². The van der Waals surface area contributed by atoms with Gasteiger partial charge in [-0.1, -0.05) is 0 Å². The van der Waals surface area contributed by atoms with E-state index < -0.39 is 24.3 Å². The molecule has 1 fully saturated rings. The lowest BCUT2D eigenvalue weighted by molar-refractivity contribution is -0.193. The molecule has 0 spiro atoms. The first-order valence-corrected chi connectivity index (χ1v) is 5.66. The Balaban J connectivity index is 0. The van der Waals surface area contributed by atoms with Gasteiger partial charge in [-0.25, -0.2) is 9.59 Å². The first-order valence-electron chi connectivity index (χ1n) is 5.66. The minimum atomic E-state index is -5.08. The van der Waals surface area contributed by atoms with Crippen LogP contribution in [0.3, 0.4) is 0 Å². The van der Waals surface area contributed by atoms with Gasteiger partial charge in [0.05, 0.1) is 0 Å². The van der Waals surface area contributed by atoms with Crippen LogP contribution in [0.5, 0.6) is 0 Å². The molecule has 0 aromatic heterocycles. The SMILES string of the molecule is CN(C)CC1CCN1.O=C(O)C(F)(F)F.O=C(O)C(F)(F)F. The van der Waals surface area contributed by atoms with Crippen molar-refractivity contribution in [2.45, 2.75) is 24.8 Å². The lowest BCUT2D eigenvalue weighted by Crippen LogP contribution is -2.48. The van der Waals surface area contributed by atoms with Crippen molar-refractivity contribution >= 4 is 11.9 Å². The molecule has 1 atom stereocenters. The van der Waals surface area contributed by atoms with E-state index in [1.54, 1.807) is 0 Å². The van der Waals surface area contributed by atoms with Gasteiger partial charge in [-0.15, -0.1) is 0 Å². The fraction of sp³-hybridized carbons (Fsp3) is 0.800. The Morgan fingerprint density at radius 2 is 1.32 bits per heavy atom. The van der Waals surface area contributed by atoms with E-state index in [0.29, 0.717) is 0 Å². The molecule has 0 aromatic carbocycles. The van der Waals surface area contributed by atoms with Crippen LogP contribution in [-0.2, 0) is 9.59 Å². The molecule has 0 radical (unpaired) electrons. The Hall–Kier alpha value is -1.56. The number of likely N-dealkylation sites (N-methyl/N-ethyl adjacent to an activating group) is 1. The van der Waals surface area contributed by atoms with E-state index in [4.69, 9.17) is 19.8 Å². The molecule has 1 unspecified atom stereocenters. The summed E-state index contributed by atoms with van der Waals surface area (Å²) in [7, 11) is 4.22. The topological polar surface area (TPSA) is 89.9 Å². The van der Waals surface area contributed by atoms with Crippen LogP contribution in [0.1, 0.15) is 6.42 Å². The number of alkyl halides is 6. The molecule has 0 aliphatic carbocycles. The van der Waals surface area contributed by atoms with Gasteiger partial charge in [-0.05, 0) is 27.1 Å². The van der Waals surface area contributed by atoms with Crippen LogP contribution < -0.4 is 5.32 Å². The fourth-order valence-corrected chi connectivity index (χ4v) is 0.945. The zero-order valence-electron chi connectivity index (χ0n) is 11.6. The summed E-state index contributed by atoms with van der Waals surface area (Å²) in [4.78, 5) is 20.0. The first-order chi connectivity index (χ1) is 9.67. The molecule has 1 aliphatic rings. The number of hydrogen-bond acceptors (Lipinski definition) is 4. The van der Waals surface area contributed by atoms with Crippen LogP contribution in [0, 0.1) is 0 Å². The summed E-state index contributed by atoms with van der Waals surface area (Å²) in [6, 6.07) is 0.782. The lowest BCUT2D eigenvalue weighted by atomic mass is 10.1. The molecule has 6 nitrogen and oxygen atoms in total. The third-order valence-electron chi connectivity index (χ3n) is 2.00. The Morgan fingerprint density at radius 3 is 1.36 bits per heavy atom. The minimum Gasteiger partial charge on any atom is -0.475 e. The molecule has 12 heteroatoms. The van der Waals surface area contributed by atoms with Gasteiger partial charge in [0.25, 0.3) is 0 Å². The maximum absolute atomic E-state index is 10.6. The van der Waals surface area contributed by atoms with Crippen molar-refractivity contribution in [3.05, 3.63) is 0 Å². The summed E-state index contributed by atoms with van der Waals surface area (Å²) in [6.07, 6.45) is -8.81. The van der Waals surface area contributed by atoms with Crippen molar-refractivity contribution < 1.29 is 46.1 Å². The van der Waals surface area contributed by atoms with E-state index in [9.17, 15) is 26.3 Å². The van der Waals surface area contributed by atoms with E-state index in [0.717, 1.165) is 6.04 Å². The van der Waals surface area contributed by atoms with Crippen LogP contribution >= 0.6 is 0 Å². The highest BCUT2D eigenvalue weighted by Crippen LogP contribution is 2.13. The van der Waals surface area contributed by atoms with E-state index in [1.807, 2.05) is 0 Å². The maximum atomic E-state index is 10.6. The Kier molecular flexibility index (Phi) is 9.76. The number of hydrogen-bond donors (Lipinski definition) is 3. The van der Waals surface area contributed by atoms with Crippen LogP contribution in [-0.4, -0.2) is 72.6 Å². The predicted octanol–water partition coefficient (Wildman–Crippen LogP) is 1.18. The Labute approximate surface area is 121 Å². The number of carboxylic acid groups (broad SMARTS) is 2. The number of rotatable bonds is 2. The molecule has 0 saturated carbocycles. The fourth-order valence-electron chi connectivity index (χ4n) is 0.945. The van der Waals surface area contributed by atoms with Crippen LogP contribution in [0.4, 0.5) is 26.3 Å². The highest BCUT2D eigenvalue weighted by molar-refractivity contribution is 5.73. The van der Waals surface area contributed by atoms with Crippen molar-refractivity contribution in [3.63, 3.8) is 0 Å². The van der Waals surface area contributed by atoms with Gasteiger partial charge in [0.2, 0.25) is 0 Å². The molecular weight excluding hydrogens is 326 g/mol. The zero-order valence-corrected chi connectivity index (χ0v) is 11.6. The summed E-state index contributed by atoms with van der Waals surface area (Å²) in [5.74, 6) is -5.51. The largest absolute Gasteiger partial charge is 0.490 e. The molecule has 0 amide bonds. The molecule has 1 rings (SSSR count). The third-order valence-corrected chi connectivity index (χ3v) is 2.00. The van der Waals surface area contributed by atoms with Crippen molar-refractivity contribution in [2.24, 2.45) is 0 Å². The number of aliphatic carboxylic acids is 2. The Morgan fingerprint density at radius 1 is 1.05 bits per heavy atom. The molecular formula is C10H16F6N2O4. The zero-order chi connectivity index (χ0) is 18.1. The average molecular weight is 342 g/mol. The molecule has 0 bridgehead atoms. The van der Waals surface area contributed by atoms with E-state index >= 15 is 0 Å². The summed E-state index contributed by atoms with van der Waals surface area (Å²) >= 11 is 0. The highest BCUT2D eigenvalue weighted by atomic mass is 19.4. The minimum absolute atomic E-state index is 0.782. The van der Waals surface area contributed by atoms with Crippen molar-refractivity contribution in [3.8, 4) is 0 Å². The number of nitrogens with one attached hydrogen (secondary N) is 1. The Bertz CT molecular complexity index is 328. The highest BCUT2D eigenvalue weighted by Gasteiger charge is 2.38. The van der Waals surface area contributed by atoms with Gasteiger partial charge in [0, 0.05) is 12.6 Å². The third kappa shape index (κ3) is 13.4. The first kappa shape index (κ1) is 22.7. The molecule has 1 heterocycles. The average Bonchev–Trinajstić information content (AvgIpc) is 2.22. The smallest absolute Gasteiger partial charge is 0.475 e. The van der Waals surface area contributed by atoms with Crippen LogP contribution in [0.2, 0.25) is 0 Å². The summed E-state index contributed by atoms with van der Waals surface area (Å²) in [5, 5.41) is 17.6. The molecule has 1 aliphatic heterocycles. The summed E-state index contributed by atoms with van der Waals surface area (Å²) in [6.45, 7) is 2.42. The number of nitrogens with zero attached hydrogens (tertiary/aromatic N) is 1. The van der Waals surface area contributed by atoms with E-state index in [2.05, 4.69) is 24.3 Å². The number of carbonyl (C=O) groups is 2. The summed E-state index contributed by atoms with van der Waals surface area (Å²) in [5.41, 5.74) is 0.